The number of carbonyl (C=O) groups is 2. The summed E-state index contributed by atoms with van der Waals surface area (Å²) in [5, 5.41) is 6.77. The molecule has 1 aliphatic heterocycles. The van der Waals surface area contributed by atoms with E-state index in [1.165, 1.54) is 0 Å². The van der Waals surface area contributed by atoms with Crippen molar-refractivity contribution in [3.63, 3.8) is 0 Å². The molecule has 2 aromatic carbocycles. The van der Waals surface area contributed by atoms with Gasteiger partial charge in [-0.25, -0.2) is 4.98 Å². The Balaban J connectivity index is 1.29. The maximum absolute atomic E-state index is 12.4. The van der Waals surface area contributed by atoms with E-state index in [0.717, 1.165) is 28.8 Å². The van der Waals surface area contributed by atoms with Gasteiger partial charge >= 0.3 is 0 Å². The van der Waals surface area contributed by atoms with Gasteiger partial charge in [-0.05, 0) is 49.1 Å². The molecule has 2 heterocycles. The van der Waals surface area contributed by atoms with Gasteiger partial charge in [0, 0.05) is 36.4 Å². The van der Waals surface area contributed by atoms with Crippen molar-refractivity contribution in [3.8, 4) is 0 Å². The number of para-hydroxylation sites is 2. The molecule has 3 N–H and O–H groups in total. The Labute approximate surface area is 180 Å². The van der Waals surface area contributed by atoms with Crippen LogP contribution in [0.1, 0.15) is 37.1 Å². The molecule has 6 nitrogen and oxygen atoms in total. The zero-order chi connectivity index (χ0) is 21.0. The van der Waals surface area contributed by atoms with Crippen LogP contribution in [0.3, 0.4) is 0 Å². The summed E-state index contributed by atoms with van der Waals surface area (Å²) < 4.78 is 0. The Bertz CT molecular complexity index is 1010. The summed E-state index contributed by atoms with van der Waals surface area (Å²) in [7, 11) is 0. The summed E-state index contributed by atoms with van der Waals surface area (Å²) >= 11 is 5.98. The Kier molecular flexibility index (Phi) is 6.04. The lowest BCUT2D eigenvalue weighted by Crippen LogP contribution is -2.44. The number of imidazole rings is 1. The Hall–Kier alpha value is -2.86. The van der Waals surface area contributed by atoms with Crippen molar-refractivity contribution in [2.45, 2.75) is 44.1 Å². The third kappa shape index (κ3) is 5.00. The zero-order valence-electron chi connectivity index (χ0n) is 16.7. The summed E-state index contributed by atoms with van der Waals surface area (Å²) in [4.78, 5) is 32.1. The average Bonchev–Trinajstić information content (AvgIpc) is 3.31. The number of nitrogens with one attached hydrogen (secondary N) is 3. The predicted molar refractivity (Wildman–Crippen MR) is 117 cm³/mol. The molecule has 1 aliphatic rings. The summed E-state index contributed by atoms with van der Waals surface area (Å²) in [5.74, 6) is 0.899. The fourth-order valence-electron chi connectivity index (χ4n) is 4.06. The minimum atomic E-state index is -0.374. The number of benzene rings is 2. The third-order valence-corrected chi connectivity index (χ3v) is 5.90. The smallest absolute Gasteiger partial charge is 0.220 e. The number of rotatable bonds is 8. The Morgan fingerprint density at radius 3 is 2.70 bits per heavy atom. The quantitative estimate of drug-likeness (QED) is 0.516. The first kappa shape index (κ1) is 20.4. The predicted octanol–water partition coefficient (Wildman–Crippen LogP) is 3.55. The van der Waals surface area contributed by atoms with Crippen molar-refractivity contribution in [1.29, 1.82) is 0 Å². The van der Waals surface area contributed by atoms with Crippen molar-refractivity contribution in [1.82, 2.24) is 20.6 Å². The minimum Gasteiger partial charge on any atom is -0.356 e. The highest BCUT2D eigenvalue weighted by molar-refractivity contribution is 6.30. The Morgan fingerprint density at radius 1 is 1.17 bits per heavy atom. The molecule has 1 atom stereocenters. The topological polar surface area (TPSA) is 86.9 Å². The van der Waals surface area contributed by atoms with Gasteiger partial charge in [0.1, 0.15) is 5.82 Å². The average molecular weight is 425 g/mol. The molecule has 0 bridgehead atoms. The van der Waals surface area contributed by atoms with Crippen LogP contribution >= 0.6 is 11.6 Å². The molecule has 1 fully saturated rings. The van der Waals surface area contributed by atoms with E-state index in [-0.39, 0.29) is 17.4 Å². The molecule has 0 aliphatic carbocycles. The molecule has 1 aromatic heterocycles. The zero-order valence-corrected chi connectivity index (χ0v) is 17.5. The number of fused-ring (bicyclic) bond motifs is 1. The van der Waals surface area contributed by atoms with Crippen molar-refractivity contribution < 1.29 is 9.59 Å². The van der Waals surface area contributed by atoms with Crippen LogP contribution in [0.2, 0.25) is 5.02 Å². The maximum atomic E-state index is 12.4. The molecular formula is C23H25ClN4O2. The number of halogens is 1. The van der Waals surface area contributed by atoms with E-state index in [0.29, 0.717) is 43.7 Å². The number of amides is 2. The SMILES string of the molecule is O=C(CC[C@]1(Cc2ccc(Cl)cc2)CCC(=O)N1)NCCc1nc2ccccc2[nH]1. The number of carbonyl (C=O) groups excluding carboxylic acids is 2. The first-order chi connectivity index (χ1) is 14.5. The van der Waals surface area contributed by atoms with Crippen LogP contribution in [0.5, 0.6) is 0 Å². The van der Waals surface area contributed by atoms with Crippen molar-refractivity contribution >= 4 is 34.4 Å². The van der Waals surface area contributed by atoms with E-state index in [2.05, 4.69) is 20.6 Å². The summed E-state index contributed by atoms with van der Waals surface area (Å²) in [6, 6.07) is 15.5. The van der Waals surface area contributed by atoms with Crippen molar-refractivity contribution in [2.24, 2.45) is 0 Å². The molecule has 156 valence electrons. The molecule has 30 heavy (non-hydrogen) atoms. The first-order valence-corrected chi connectivity index (χ1v) is 10.6. The molecule has 1 saturated heterocycles. The van der Waals surface area contributed by atoms with Gasteiger partial charge in [-0.1, -0.05) is 35.9 Å². The number of aromatic nitrogens is 2. The van der Waals surface area contributed by atoms with E-state index >= 15 is 0 Å². The van der Waals surface area contributed by atoms with Crippen LogP contribution in [0.4, 0.5) is 0 Å². The number of aromatic amines is 1. The normalized spacial score (nSPS) is 18.5. The van der Waals surface area contributed by atoms with Gasteiger partial charge in [-0.2, -0.15) is 0 Å². The number of nitrogens with zero attached hydrogens (tertiary/aromatic N) is 1. The van der Waals surface area contributed by atoms with Gasteiger partial charge in [0.2, 0.25) is 11.8 Å². The van der Waals surface area contributed by atoms with Crippen LogP contribution in [0, 0.1) is 0 Å². The largest absolute Gasteiger partial charge is 0.356 e. The van der Waals surface area contributed by atoms with Gasteiger partial charge in [-0.15, -0.1) is 0 Å². The molecule has 2 amide bonds. The number of hydrogen-bond acceptors (Lipinski definition) is 3. The van der Waals surface area contributed by atoms with Gasteiger partial charge in [-0.3, -0.25) is 9.59 Å². The fourth-order valence-corrected chi connectivity index (χ4v) is 4.19. The van der Waals surface area contributed by atoms with E-state index < -0.39 is 0 Å². The molecule has 0 spiro atoms. The maximum Gasteiger partial charge on any atom is 0.220 e. The van der Waals surface area contributed by atoms with Crippen LogP contribution in [-0.2, 0) is 22.4 Å². The van der Waals surface area contributed by atoms with Gasteiger partial charge in [0.05, 0.1) is 11.0 Å². The van der Waals surface area contributed by atoms with Gasteiger partial charge in [0.25, 0.3) is 0 Å². The number of H-pyrrole nitrogens is 1. The molecular weight excluding hydrogens is 400 g/mol. The van der Waals surface area contributed by atoms with E-state index in [4.69, 9.17) is 11.6 Å². The lowest BCUT2D eigenvalue weighted by molar-refractivity contribution is -0.122. The highest BCUT2D eigenvalue weighted by Gasteiger charge is 2.37. The molecule has 0 unspecified atom stereocenters. The van der Waals surface area contributed by atoms with Crippen LogP contribution in [0.25, 0.3) is 11.0 Å². The molecule has 3 aromatic rings. The van der Waals surface area contributed by atoms with Crippen LogP contribution < -0.4 is 10.6 Å². The fraction of sp³-hybridized carbons (Fsp3) is 0.348. The Morgan fingerprint density at radius 2 is 1.97 bits per heavy atom. The van der Waals surface area contributed by atoms with Crippen molar-refractivity contribution in [2.75, 3.05) is 6.54 Å². The highest BCUT2D eigenvalue weighted by Crippen LogP contribution is 2.30. The second kappa shape index (κ2) is 8.88. The summed E-state index contributed by atoms with van der Waals surface area (Å²) in [6.07, 6.45) is 3.56. The lowest BCUT2D eigenvalue weighted by atomic mass is 9.85. The minimum absolute atomic E-state index is 0.0114. The molecule has 0 saturated carbocycles. The van der Waals surface area contributed by atoms with Crippen molar-refractivity contribution in [3.05, 3.63) is 64.9 Å². The van der Waals surface area contributed by atoms with Crippen LogP contribution in [-0.4, -0.2) is 33.9 Å². The van der Waals surface area contributed by atoms with E-state index in [1.807, 2.05) is 48.5 Å². The monoisotopic (exact) mass is 424 g/mol. The number of hydrogen-bond donors (Lipinski definition) is 3. The van der Waals surface area contributed by atoms with E-state index in [1.54, 1.807) is 0 Å². The standard InChI is InChI=1S/C23H25ClN4O2/c24-17-7-5-16(6-8-17)15-23(13-10-22(30)28-23)12-9-21(29)25-14-11-20-26-18-3-1-2-4-19(18)27-20/h1-8H,9-15H2,(H,25,29)(H,26,27)(H,28,30)/t23-/m1/s1. The third-order valence-electron chi connectivity index (χ3n) is 5.64. The second-order valence-electron chi connectivity index (χ2n) is 7.93. The first-order valence-electron chi connectivity index (χ1n) is 10.3. The van der Waals surface area contributed by atoms with Gasteiger partial charge < -0.3 is 15.6 Å². The van der Waals surface area contributed by atoms with E-state index in [9.17, 15) is 9.59 Å². The molecule has 7 heteroatoms. The lowest BCUT2D eigenvalue weighted by Gasteiger charge is -2.29. The molecule has 4 rings (SSSR count). The summed E-state index contributed by atoms with van der Waals surface area (Å²) in [5.41, 5.74) is 2.66. The second-order valence-corrected chi connectivity index (χ2v) is 8.37. The van der Waals surface area contributed by atoms with Gasteiger partial charge in [0.15, 0.2) is 0 Å². The summed E-state index contributed by atoms with van der Waals surface area (Å²) in [6.45, 7) is 0.523. The highest BCUT2D eigenvalue weighted by atomic mass is 35.5. The van der Waals surface area contributed by atoms with Crippen LogP contribution in [0.15, 0.2) is 48.5 Å². The molecule has 0 radical (unpaired) electrons.